The molecule has 1 N–H and O–H groups in total. The van der Waals surface area contributed by atoms with E-state index in [2.05, 4.69) is 6.58 Å². The lowest BCUT2D eigenvalue weighted by Gasteiger charge is -2.16. The standard InChI is InChI=1S/C8H11NO4/c1-3-4-9-6(7(10)11)5(2)13-8(9)12/h3,5-6H,1,4H2,2H3,(H,10,11). The van der Waals surface area contributed by atoms with E-state index in [-0.39, 0.29) is 6.54 Å². The summed E-state index contributed by atoms with van der Waals surface area (Å²) in [5.74, 6) is -1.06. The Morgan fingerprint density at radius 1 is 1.85 bits per heavy atom. The van der Waals surface area contributed by atoms with E-state index in [1.807, 2.05) is 0 Å². The fourth-order valence-corrected chi connectivity index (χ4v) is 1.32. The van der Waals surface area contributed by atoms with Crippen LogP contribution in [-0.4, -0.2) is 40.8 Å². The molecule has 0 aromatic carbocycles. The predicted octanol–water partition coefficient (Wildman–Crippen LogP) is 0.466. The van der Waals surface area contributed by atoms with Gasteiger partial charge in [-0.2, -0.15) is 0 Å². The van der Waals surface area contributed by atoms with Crippen LogP contribution in [0.15, 0.2) is 12.7 Å². The first-order chi connectivity index (χ1) is 6.07. The van der Waals surface area contributed by atoms with Crippen molar-refractivity contribution in [1.29, 1.82) is 0 Å². The van der Waals surface area contributed by atoms with Crippen LogP contribution in [0.4, 0.5) is 4.79 Å². The molecule has 1 aliphatic rings. The van der Waals surface area contributed by atoms with Gasteiger partial charge >= 0.3 is 12.1 Å². The fraction of sp³-hybridized carbons (Fsp3) is 0.500. The summed E-state index contributed by atoms with van der Waals surface area (Å²) in [6.45, 7) is 5.18. The van der Waals surface area contributed by atoms with Gasteiger partial charge in [-0.3, -0.25) is 4.90 Å². The molecule has 1 aliphatic heterocycles. The summed E-state index contributed by atoms with van der Waals surface area (Å²) in [6, 6.07) is -0.898. The minimum atomic E-state index is -1.06. The lowest BCUT2D eigenvalue weighted by atomic mass is 10.2. The molecular formula is C8H11NO4. The number of carbonyl (C=O) groups is 2. The Labute approximate surface area is 75.6 Å². The molecule has 1 saturated heterocycles. The second kappa shape index (κ2) is 3.47. The van der Waals surface area contributed by atoms with Crippen molar-refractivity contribution in [2.75, 3.05) is 6.54 Å². The van der Waals surface area contributed by atoms with E-state index in [9.17, 15) is 9.59 Å². The molecule has 72 valence electrons. The third-order valence-electron chi connectivity index (χ3n) is 1.88. The molecule has 1 rings (SSSR count). The second-order valence-corrected chi connectivity index (χ2v) is 2.81. The maximum atomic E-state index is 11.1. The minimum Gasteiger partial charge on any atom is -0.480 e. The molecule has 1 fully saturated rings. The molecule has 5 heteroatoms. The van der Waals surface area contributed by atoms with Crippen LogP contribution in [0, 0.1) is 0 Å². The van der Waals surface area contributed by atoms with Gasteiger partial charge in [-0.1, -0.05) is 6.08 Å². The highest BCUT2D eigenvalue weighted by molar-refractivity contribution is 5.83. The average molecular weight is 185 g/mol. The van der Waals surface area contributed by atoms with Crippen molar-refractivity contribution >= 4 is 12.1 Å². The van der Waals surface area contributed by atoms with Crippen molar-refractivity contribution in [2.24, 2.45) is 0 Å². The summed E-state index contributed by atoms with van der Waals surface area (Å²) in [5.41, 5.74) is 0. The van der Waals surface area contributed by atoms with Crippen LogP contribution in [0.2, 0.25) is 0 Å². The number of rotatable bonds is 3. The average Bonchev–Trinajstić information content (AvgIpc) is 2.27. The first-order valence-electron chi connectivity index (χ1n) is 3.89. The van der Waals surface area contributed by atoms with Gasteiger partial charge in [-0.15, -0.1) is 6.58 Å². The highest BCUT2D eigenvalue weighted by atomic mass is 16.6. The number of aliphatic carboxylic acids is 1. The number of carboxylic acids is 1. The first-order valence-corrected chi connectivity index (χ1v) is 3.89. The number of hydrogen-bond donors (Lipinski definition) is 1. The third-order valence-corrected chi connectivity index (χ3v) is 1.88. The fourth-order valence-electron chi connectivity index (χ4n) is 1.32. The van der Waals surface area contributed by atoms with Gasteiger partial charge in [0.05, 0.1) is 0 Å². The van der Waals surface area contributed by atoms with Crippen molar-refractivity contribution in [3.8, 4) is 0 Å². The van der Waals surface area contributed by atoms with Crippen molar-refractivity contribution < 1.29 is 19.4 Å². The molecule has 0 spiro atoms. The smallest absolute Gasteiger partial charge is 0.411 e. The molecule has 0 aromatic heterocycles. The Balaban J connectivity index is 2.82. The van der Waals surface area contributed by atoms with Gasteiger partial charge in [0.15, 0.2) is 6.04 Å². The molecule has 2 atom stereocenters. The molecule has 0 saturated carbocycles. The van der Waals surface area contributed by atoms with Crippen LogP contribution in [0.25, 0.3) is 0 Å². The molecule has 0 aliphatic carbocycles. The first kappa shape index (κ1) is 9.57. The van der Waals surface area contributed by atoms with Crippen molar-refractivity contribution in [3.63, 3.8) is 0 Å². The number of cyclic esters (lactones) is 1. The largest absolute Gasteiger partial charge is 0.480 e. The van der Waals surface area contributed by atoms with E-state index in [4.69, 9.17) is 9.84 Å². The normalized spacial score (nSPS) is 27.2. The molecule has 2 unspecified atom stereocenters. The number of ether oxygens (including phenoxy) is 1. The van der Waals surface area contributed by atoms with Crippen molar-refractivity contribution in [3.05, 3.63) is 12.7 Å². The SMILES string of the molecule is C=CCN1C(=O)OC(C)C1C(=O)O. The van der Waals surface area contributed by atoms with Gasteiger partial charge in [0.2, 0.25) is 0 Å². The van der Waals surface area contributed by atoms with Crippen LogP contribution >= 0.6 is 0 Å². The van der Waals surface area contributed by atoms with Crippen LogP contribution < -0.4 is 0 Å². The molecule has 0 aromatic rings. The van der Waals surface area contributed by atoms with Crippen LogP contribution in [-0.2, 0) is 9.53 Å². The summed E-state index contributed by atoms with van der Waals surface area (Å²) in [5, 5.41) is 8.79. The van der Waals surface area contributed by atoms with E-state index in [0.717, 1.165) is 4.90 Å². The van der Waals surface area contributed by atoms with Crippen LogP contribution in [0.1, 0.15) is 6.92 Å². The maximum Gasteiger partial charge on any atom is 0.411 e. The topological polar surface area (TPSA) is 66.8 Å². The minimum absolute atomic E-state index is 0.195. The van der Waals surface area contributed by atoms with Gasteiger partial charge in [-0.25, -0.2) is 9.59 Å². The van der Waals surface area contributed by atoms with Crippen molar-refractivity contribution in [1.82, 2.24) is 4.90 Å². The molecule has 13 heavy (non-hydrogen) atoms. The Hall–Kier alpha value is -1.52. The van der Waals surface area contributed by atoms with Gasteiger partial charge in [0.25, 0.3) is 0 Å². The second-order valence-electron chi connectivity index (χ2n) is 2.81. The van der Waals surface area contributed by atoms with Crippen LogP contribution in [0.3, 0.4) is 0 Å². The molecule has 0 bridgehead atoms. The van der Waals surface area contributed by atoms with Crippen molar-refractivity contribution in [2.45, 2.75) is 19.1 Å². The van der Waals surface area contributed by atoms with Gasteiger partial charge in [0.1, 0.15) is 6.10 Å². The Morgan fingerprint density at radius 2 is 2.46 bits per heavy atom. The van der Waals surface area contributed by atoms with E-state index in [1.165, 1.54) is 6.08 Å². The zero-order chi connectivity index (χ0) is 10.0. The van der Waals surface area contributed by atoms with E-state index in [0.29, 0.717) is 0 Å². The highest BCUT2D eigenvalue weighted by Gasteiger charge is 2.43. The number of amides is 1. The Bertz CT molecular complexity index is 251. The van der Waals surface area contributed by atoms with Gasteiger partial charge < -0.3 is 9.84 Å². The number of hydrogen-bond acceptors (Lipinski definition) is 3. The highest BCUT2D eigenvalue weighted by Crippen LogP contribution is 2.18. The molecule has 5 nitrogen and oxygen atoms in total. The van der Waals surface area contributed by atoms with E-state index in [1.54, 1.807) is 6.92 Å². The number of carboxylic acid groups (broad SMARTS) is 1. The third kappa shape index (κ3) is 1.63. The summed E-state index contributed by atoms with van der Waals surface area (Å²) in [6.07, 6.45) is 0.264. The Morgan fingerprint density at radius 3 is 2.92 bits per heavy atom. The quantitative estimate of drug-likeness (QED) is 0.649. The number of carbonyl (C=O) groups excluding carboxylic acids is 1. The molecule has 0 radical (unpaired) electrons. The zero-order valence-electron chi connectivity index (χ0n) is 7.27. The monoisotopic (exact) mass is 185 g/mol. The molecule has 1 amide bonds. The molecule has 1 heterocycles. The summed E-state index contributed by atoms with van der Waals surface area (Å²) >= 11 is 0. The Kier molecular flexibility index (Phi) is 2.55. The number of nitrogens with zero attached hydrogens (tertiary/aromatic N) is 1. The zero-order valence-corrected chi connectivity index (χ0v) is 7.27. The summed E-state index contributed by atoms with van der Waals surface area (Å²) in [4.78, 5) is 23.0. The summed E-state index contributed by atoms with van der Waals surface area (Å²) < 4.78 is 4.76. The van der Waals surface area contributed by atoms with Gasteiger partial charge in [-0.05, 0) is 6.92 Å². The maximum absolute atomic E-state index is 11.1. The lowest BCUT2D eigenvalue weighted by molar-refractivity contribution is -0.142. The van der Waals surface area contributed by atoms with E-state index < -0.39 is 24.2 Å². The van der Waals surface area contributed by atoms with E-state index >= 15 is 0 Å². The van der Waals surface area contributed by atoms with Gasteiger partial charge in [0, 0.05) is 6.54 Å². The van der Waals surface area contributed by atoms with Crippen LogP contribution in [0.5, 0.6) is 0 Å². The summed E-state index contributed by atoms with van der Waals surface area (Å²) in [7, 11) is 0. The lowest BCUT2D eigenvalue weighted by Crippen LogP contribution is -2.42. The molecular weight excluding hydrogens is 174 g/mol. The predicted molar refractivity (Wildman–Crippen MR) is 44.3 cm³/mol.